The molecule has 0 aliphatic heterocycles. The van der Waals surface area contributed by atoms with Gasteiger partial charge in [0.15, 0.2) is 11.7 Å². The molecule has 3 aromatic carbocycles. The Kier molecular flexibility index (Phi) is 6.31. The van der Waals surface area contributed by atoms with E-state index in [2.05, 4.69) is 15.4 Å². The number of halogens is 3. The molecule has 0 aliphatic rings. The van der Waals surface area contributed by atoms with Gasteiger partial charge < -0.3 is 10.1 Å². The second kappa shape index (κ2) is 8.91. The number of benzene rings is 3. The Morgan fingerprint density at radius 1 is 0.900 bits per heavy atom. The first-order valence-electron chi connectivity index (χ1n) is 8.67. The number of hydrogen-bond donors (Lipinski definition) is 2. The summed E-state index contributed by atoms with van der Waals surface area (Å²) < 4.78 is 41.1. The number of thiocarbonyl (C=S) groups is 1. The fraction of sp³-hybridized carbons (Fsp3) is 0.0952. The zero-order chi connectivity index (χ0) is 21.7. The second-order valence-corrected chi connectivity index (χ2v) is 6.62. The molecule has 2 N–H and O–H groups in total. The first-order chi connectivity index (χ1) is 14.2. The van der Waals surface area contributed by atoms with Gasteiger partial charge in [0.25, 0.3) is 5.91 Å². The second-order valence-electron chi connectivity index (χ2n) is 6.21. The van der Waals surface area contributed by atoms with E-state index in [0.29, 0.717) is 5.69 Å². The van der Waals surface area contributed by atoms with E-state index >= 15 is 0 Å². The molecule has 0 saturated heterocycles. The summed E-state index contributed by atoms with van der Waals surface area (Å²) in [5, 5.41) is 7.24. The average molecular weight is 432 g/mol. The lowest BCUT2D eigenvalue weighted by atomic mass is 10.1. The third-order valence-electron chi connectivity index (χ3n) is 3.99. The highest BCUT2D eigenvalue weighted by atomic mass is 32.1. The van der Waals surface area contributed by atoms with Crippen molar-refractivity contribution in [1.82, 2.24) is 5.32 Å². The topological polar surface area (TPSA) is 67.4 Å². The largest absolute Gasteiger partial charge is 0.452 e. The van der Waals surface area contributed by atoms with Crippen LogP contribution in [0.4, 0.5) is 18.9 Å². The summed E-state index contributed by atoms with van der Waals surface area (Å²) in [6.07, 6.45) is -4.67. The molecule has 3 rings (SSSR count). The summed E-state index contributed by atoms with van der Waals surface area (Å²) in [6, 6.07) is 18.6. The molecule has 0 atom stereocenters. The van der Waals surface area contributed by atoms with Gasteiger partial charge in [0.1, 0.15) is 0 Å². The highest BCUT2D eigenvalue weighted by molar-refractivity contribution is 7.80. The van der Waals surface area contributed by atoms with E-state index in [4.69, 9.17) is 12.2 Å². The normalized spacial score (nSPS) is 11.0. The zero-order valence-electron chi connectivity index (χ0n) is 15.3. The molecule has 0 heterocycles. The molecule has 30 heavy (non-hydrogen) atoms. The Labute approximate surface area is 174 Å². The highest BCUT2D eigenvalue weighted by Crippen LogP contribution is 2.19. The van der Waals surface area contributed by atoms with Gasteiger partial charge in [0.2, 0.25) is 0 Å². The van der Waals surface area contributed by atoms with Crippen molar-refractivity contribution in [2.75, 3.05) is 11.9 Å². The van der Waals surface area contributed by atoms with Crippen LogP contribution in [0.2, 0.25) is 0 Å². The molecule has 0 spiro atoms. The Balaban J connectivity index is 1.69. The van der Waals surface area contributed by atoms with Crippen molar-refractivity contribution in [3.8, 4) is 0 Å². The van der Waals surface area contributed by atoms with Crippen LogP contribution in [-0.4, -0.2) is 29.8 Å². The third-order valence-corrected chi connectivity index (χ3v) is 4.20. The molecular weight excluding hydrogens is 417 g/mol. The molecule has 3 aromatic rings. The number of alkyl halides is 3. The van der Waals surface area contributed by atoms with Gasteiger partial charge in [-0.05, 0) is 47.3 Å². The predicted octanol–water partition coefficient (Wildman–Crippen LogP) is 4.69. The maximum absolute atomic E-state index is 12.5. The molecule has 0 bridgehead atoms. The van der Waals surface area contributed by atoms with Gasteiger partial charge in [-0.15, -0.1) is 0 Å². The van der Waals surface area contributed by atoms with Crippen molar-refractivity contribution < 1.29 is 27.5 Å². The molecule has 0 fully saturated rings. The minimum atomic E-state index is -4.67. The lowest BCUT2D eigenvalue weighted by molar-refractivity contribution is -0.161. The van der Waals surface area contributed by atoms with Crippen molar-refractivity contribution in [1.29, 1.82) is 0 Å². The molecule has 0 radical (unpaired) electrons. The smallest absolute Gasteiger partial charge is 0.422 e. The number of carbonyl (C=O) groups excluding carboxylic acids is 2. The van der Waals surface area contributed by atoms with Gasteiger partial charge in [-0.1, -0.05) is 42.5 Å². The molecule has 0 aliphatic carbocycles. The molecular formula is C21H15F3N2O3S. The predicted molar refractivity (Wildman–Crippen MR) is 110 cm³/mol. The van der Waals surface area contributed by atoms with Gasteiger partial charge >= 0.3 is 12.1 Å². The van der Waals surface area contributed by atoms with Crippen molar-refractivity contribution in [3.63, 3.8) is 0 Å². The Morgan fingerprint density at radius 3 is 2.23 bits per heavy atom. The summed E-state index contributed by atoms with van der Waals surface area (Å²) in [7, 11) is 0. The SMILES string of the molecule is O=C(NC(=S)Nc1ccc2ccccc2c1)c1ccccc1C(=O)OCC(F)(F)F. The fourth-order valence-electron chi connectivity index (χ4n) is 2.68. The van der Waals surface area contributed by atoms with Crippen LogP contribution in [-0.2, 0) is 4.74 Å². The number of fused-ring (bicyclic) bond motifs is 1. The van der Waals surface area contributed by atoms with Crippen molar-refractivity contribution in [2.45, 2.75) is 6.18 Å². The summed E-state index contributed by atoms with van der Waals surface area (Å²) in [5.41, 5.74) is 0.178. The van der Waals surface area contributed by atoms with E-state index in [0.717, 1.165) is 10.8 Å². The number of hydrogen-bond acceptors (Lipinski definition) is 4. The summed E-state index contributed by atoms with van der Waals surface area (Å²) in [6.45, 7) is -1.75. The molecule has 0 aromatic heterocycles. The Hall–Kier alpha value is -3.46. The number of anilines is 1. The van der Waals surface area contributed by atoms with Crippen molar-refractivity contribution in [3.05, 3.63) is 77.9 Å². The summed E-state index contributed by atoms with van der Waals surface area (Å²) >= 11 is 5.14. The van der Waals surface area contributed by atoms with E-state index in [1.54, 1.807) is 6.07 Å². The maximum atomic E-state index is 12.5. The summed E-state index contributed by atoms with van der Waals surface area (Å²) in [5.74, 6) is -2.01. The molecule has 0 saturated carbocycles. The number of nitrogens with one attached hydrogen (secondary N) is 2. The van der Waals surface area contributed by atoms with Gasteiger partial charge in [-0.3, -0.25) is 10.1 Å². The van der Waals surface area contributed by atoms with Crippen LogP contribution in [0.15, 0.2) is 66.7 Å². The first kappa shape index (κ1) is 21.3. The lowest BCUT2D eigenvalue weighted by Gasteiger charge is -2.13. The number of carbonyl (C=O) groups is 2. The number of esters is 1. The highest BCUT2D eigenvalue weighted by Gasteiger charge is 2.30. The van der Waals surface area contributed by atoms with Crippen LogP contribution in [0, 0.1) is 0 Å². The third kappa shape index (κ3) is 5.54. The van der Waals surface area contributed by atoms with Crippen LogP contribution < -0.4 is 10.6 Å². The van der Waals surface area contributed by atoms with Gasteiger partial charge in [0, 0.05) is 5.69 Å². The van der Waals surface area contributed by atoms with E-state index < -0.39 is 24.7 Å². The number of ether oxygens (including phenoxy) is 1. The van der Waals surface area contributed by atoms with E-state index in [1.165, 1.54) is 24.3 Å². The average Bonchev–Trinajstić information content (AvgIpc) is 2.71. The summed E-state index contributed by atoms with van der Waals surface area (Å²) in [4.78, 5) is 24.5. The van der Waals surface area contributed by atoms with Crippen LogP contribution in [0.3, 0.4) is 0 Å². The molecule has 5 nitrogen and oxygen atoms in total. The number of amides is 1. The Morgan fingerprint density at radius 2 is 1.53 bits per heavy atom. The van der Waals surface area contributed by atoms with Gasteiger partial charge in [-0.2, -0.15) is 13.2 Å². The quantitative estimate of drug-likeness (QED) is 0.463. The standard InChI is InChI=1S/C21H15F3N2O3S/c22-21(23,24)12-29-19(28)17-8-4-3-7-16(17)18(27)26-20(30)25-15-10-9-13-5-1-2-6-14(13)11-15/h1-11H,12H2,(H2,25,26,27,30). The van der Waals surface area contributed by atoms with E-state index in [9.17, 15) is 22.8 Å². The van der Waals surface area contributed by atoms with Crippen molar-refractivity contribution >= 4 is 45.7 Å². The number of rotatable bonds is 4. The van der Waals surface area contributed by atoms with E-state index in [-0.39, 0.29) is 16.2 Å². The zero-order valence-corrected chi connectivity index (χ0v) is 16.1. The van der Waals surface area contributed by atoms with Crippen LogP contribution in [0.25, 0.3) is 10.8 Å². The van der Waals surface area contributed by atoms with Crippen LogP contribution >= 0.6 is 12.2 Å². The van der Waals surface area contributed by atoms with Gasteiger partial charge in [0.05, 0.1) is 11.1 Å². The van der Waals surface area contributed by atoms with E-state index in [1.807, 2.05) is 36.4 Å². The van der Waals surface area contributed by atoms with Crippen LogP contribution in [0.5, 0.6) is 0 Å². The lowest BCUT2D eigenvalue weighted by Crippen LogP contribution is -2.35. The monoisotopic (exact) mass is 432 g/mol. The molecule has 9 heteroatoms. The van der Waals surface area contributed by atoms with Crippen LogP contribution in [0.1, 0.15) is 20.7 Å². The maximum Gasteiger partial charge on any atom is 0.422 e. The minimum absolute atomic E-state index is 0.0336. The van der Waals surface area contributed by atoms with Gasteiger partial charge in [-0.25, -0.2) is 4.79 Å². The molecule has 0 unspecified atom stereocenters. The minimum Gasteiger partial charge on any atom is -0.452 e. The Bertz CT molecular complexity index is 1120. The van der Waals surface area contributed by atoms with Crippen molar-refractivity contribution in [2.24, 2.45) is 0 Å². The molecule has 1 amide bonds. The fourth-order valence-corrected chi connectivity index (χ4v) is 2.89. The first-order valence-corrected chi connectivity index (χ1v) is 9.08. The molecule has 154 valence electrons.